The Morgan fingerprint density at radius 1 is 1.24 bits per heavy atom. The molecule has 0 bridgehead atoms. The summed E-state index contributed by atoms with van der Waals surface area (Å²) in [7, 11) is -2.21. The minimum Gasteiger partial charge on any atom is -0.390 e. The maximum Gasteiger partial charge on any atom is 0.582 e. The fraction of sp³-hybridized carbons (Fsp3) is 0.500. The average molecular weight is 660 g/mol. The number of aromatic amines is 1. The molecule has 2 fully saturated rings. The Labute approximate surface area is 247 Å². The van der Waals surface area contributed by atoms with Gasteiger partial charge in [-0.25, -0.2) is 19.5 Å². The highest BCUT2D eigenvalue weighted by Crippen LogP contribution is 2.58. The first kappa shape index (κ1) is 29.4. The Balaban J connectivity index is 1.21. The van der Waals surface area contributed by atoms with E-state index in [2.05, 4.69) is 42.3 Å². The first-order valence-corrected chi connectivity index (χ1v) is 17.5. The quantitative estimate of drug-likeness (QED) is 0.104. The summed E-state index contributed by atoms with van der Waals surface area (Å²) in [5, 5.41) is 14.9. The lowest BCUT2D eigenvalue weighted by Gasteiger charge is -2.28. The van der Waals surface area contributed by atoms with Crippen LogP contribution in [0.5, 0.6) is 0 Å². The molecule has 4 aromatic heterocycles. The number of imidazole rings is 2. The summed E-state index contributed by atoms with van der Waals surface area (Å²) in [6, 6.07) is 0. The molecular formula is C20H25N10O8P2S2+. The van der Waals surface area contributed by atoms with Crippen molar-refractivity contribution < 1.29 is 33.1 Å². The highest BCUT2D eigenvalue weighted by molar-refractivity contribution is 8.39. The smallest absolute Gasteiger partial charge is 0.390 e. The number of rotatable bonds is 9. The molecule has 0 spiro atoms. The van der Waals surface area contributed by atoms with Gasteiger partial charge in [0.05, 0.1) is 42.7 Å². The summed E-state index contributed by atoms with van der Waals surface area (Å²) in [6.07, 6.45) is 0.478. The molecule has 18 nitrogen and oxygen atoms in total. The van der Waals surface area contributed by atoms with Crippen LogP contribution in [0.3, 0.4) is 0 Å². The van der Waals surface area contributed by atoms with Crippen molar-refractivity contribution in [2.24, 2.45) is 0 Å². The molecule has 2 saturated heterocycles. The van der Waals surface area contributed by atoms with Crippen LogP contribution >= 0.6 is 26.0 Å². The van der Waals surface area contributed by atoms with Gasteiger partial charge in [-0.3, -0.25) is 14.3 Å². The second-order valence-corrected chi connectivity index (χ2v) is 15.0. The number of H-pyrrole nitrogens is 1. The fourth-order valence-electron chi connectivity index (χ4n) is 5.08. The monoisotopic (exact) mass is 659 g/mol. The lowest BCUT2D eigenvalue weighted by Crippen LogP contribution is -2.28. The van der Waals surface area contributed by atoms with Gasteiger partial charge in [-0.05, 0) is 22.8 Å². The van der Waals surface area contributed by atoms with E-state index >= 15 is 0 Å². The van der Waals surface area contributed by atoms with Crippen molar-refractivity contribution in [2.45, 2.75) is 49.1 Å². The number of hydrogen-bond acceptors (Lipinski definition) is 15. The Morgan fingerprint density at radius 3 is 2.83 bits per heavy atom. The number of nitrogens with two attached hydrogens (primary N) is 2. The first-order chi connectivity index (χ1) is 20.0. The molecule has 6 rings (SSSR count). The fourth-order valence-corrected chi connectivity index (χ4v) is 7.91. The van der Waals surface area contributed by atoms with Crippen molar-refractivity contribution in [2.75, 3.05) is 24.7 Å². The topological polar surface area (TPSA) is 253 Å². The van der Waals surface area contributed by atoms with Crippen LogP contribution in [0.1, 0.15) is 30.9 Å². The van der Waals surface area contributed by atoms with Crippen molar-refractivity contribution in [1.29, 1.82) is 0 Å². The SMILES string of the molecule is Nc1nc2c(ncn2C2OC(CO[P+](=O)S)CC2P(O)(=S)OCC2OC(c3cnc4c(N)ncnn34)CC2O)c(=O)[nH]1. The molecule has 0 aliphatic carbocycles. The molecule has 2 aliphatic heterocycles. The Kier molecular flexibility index (Phi) is 8.03. The minimum atomic E-state index is -3.71. The van der Waals surface area contributed by atoms with E-state index in [1.54, 1.807) is 6.20 Å². The largest absolute Gasteiger partial charge is 0.582 e. The number of ether oxygens (including phenoxy) is 2. The van der Waals surface area contributed by atoms with Crippen molar-refractivity contribution in [3.05, 3.63) is 34.9 Å². The van der Waals surface area contributed by atoms with Crippen LogP contribution in [0.4, 0.5) is 11.8 Å². The summed E-state index contributed by atoms with van der Waals surface area (Å²) in [5.74, 6) is 0.0551. The van der Waals surface area contributed by atoms with Gasteiger partial charge >= 0.3 is 7.23 Å². The second kappa shape index (κ2) is 11.5. The van der Waals surface area contributed by atoms with Crippen LogP contribution in [0.2, 0.25) is 0 Å². The maximum atomic E-state index is 12.3. The van der Waals surface area contributed by atoms with Gasteiger partial charge in [-0.2, -0.15) is 10.1 Å². The van der Waals surface area contributed by atoms with E-state index in [0.29, 0.717) is 11.3 Å². The third-order valence-electron chi connectivity index (χ3n) is 7.01. The molecule has 0 radical (unpaired) electrons. The Bertz CT molecular complexity index is 1770. The summed E-state index contributed by atoms with van der Waals surface area (Å²) in [4.78, 5) is 42.6. The highest BCUT2D eigenvalue weighted by Gasteiger charge is 2.47. The third-order valence-corrected chi connectivity index (χ3v) is 10.7. The van der Waals surface area contributed by atoms with E-state index < -0.39 is 55.6 Å². The first-order valence-electron chi connectivity index (χ1n) is 12.4. The normalized spacial score (nSPS) is 28.0. The molecular weight excluding hydrogens is 634 g/mol. The van der Waals surface area contributed by atoms with Crippen LogP contribution in [-0.4, -0.2) is 86.3 Å². The molecule has 42 heavy (non-hydrogen) atoms. The maximum absolute atomic E-state index is 12.3. The van der Waals surface area contributed by atoms with Gasteiger partial charge in [0.15, 0.2) is 29.1 Å². The van der Waals surface area contributed by atoms with Crippen LogP contribution < -0.4 is 17.0 Å². The number of aromatic nitrogens is 8. The van der Waals surface area contributed by atoms with E-state index in [4.69, 9.17) is 41.8 Å². The molecule has 8 unspecified atom stereocenters. The number of fused-ring (bicyclic) bond motifs is 2. The molecule has 6 heterocycles. The van der Waals surface area contributed by atoms with Crippen molar-refractivity contribution in [3.8, 4) is 0 Å². The molecule has 224 valence electrons. The van der Waals surface area contributed by atoms with Crippen LogP contribution in [0, 0.1) is 0 Å². The van der Waals surface area contributed by atoms with Gasteiger partial charge in [-0.15, -0.1) is 4.52 Å². The number of thiol groups is 1. The van der Waals surface area contributed by atoms with E-state index in [1.165, 1.54) is 21.7 Å². The lowest BCUT2D eigenvalue weighted by atomic mass is 10.1. The number of anilines is 2. The number of nitrogens with zero attached hydrogens (tertiary/aromatic N) is 7. The van der Waals surface area contributed by atoms with Crippen LogP contribution in [-0.2, 0) is 34.9 Å². The third kappa shape index (κ3) is 5.55. The van der Waals surface area contributed by atoms with Crippen molar-refractivity contribution in [3.63, 3.8) is 0 Å². The number of hydrogen-bond donors (Lipinski definition) is 6. The summed E-state index contributed by atoms with van der Waals surface area (Å²) < 4.78 is 37.5. The zero-order valence-corrected chi connectivity index (χ0v) is 24.9. The van der Waals surface area contributed by atoms with Crippen molar-refractivity contribution in [1.82, 2.24) is 39.1 Å². The van der Waals surface area contributed by atoms with Gasteiger partial charge in [-0.1, -0.05) is 0 Å². The molecule has 8 atom stereocenters. The summed E-state index contributed by atoms with van der Waals surface area (Å²) in [5.41, 5.74) is 11.2. The summed E-state index contributed by atoms with van der Waals surface area (Å²) >= 11 is 9.36. The lowest BCUT2D eigenvalue weighted by molar-refractivity contribution is -0.0221. The van der Waals surface area contributed by atoms with Gasteiger partial charge in [0.2, 0.25) is 5.95 Å². The Morgan fingerprint density at radius 2 is 2.05 bits per heavy atom. The van der Waals surface area contributed by atoms with Gasteiger partial charge < -0.3 is 35.5 Å². The average Bonchev–Trinajstić information content (AvgIpc) is 3.71. The van der Waals surface area contributed by atoms with Gasteiger partial charge in [0.25, 0.3) is 5.56 Å². The Hall–Kier alpha value is -2.64. The van der Waals surface area contributed by atoms with E-state index in [1.807, 2.05) is 0 Å². The zero-order valence-electron chi connectivity index (χ0n) is 21.4. The molecule has 0 aromatic carbocycles. The number of nitrogen functional groups attached to an aromatic ring is 2. The zero-order chi connectivity index (χ0) is 29.8. The summed E-state index contributed by atoms with van der Waals surface area (Å²) in [6.45, 7) is -4.05. The van der Waals surface area contributed by atoms with Gasteiger partial charge in [0, 0.05) is 6.42 Å². The molecule has 0 saturated carbocycles. The number of nitrogens with one attached hydrogen (secondary N) is 1. The van der Waals surface area contributed by atoms with E-state index in [9.17, 15) is 19.4 Å². The molecule has 7 N–H and O–H groups in total. The van der Waals surface area contributed by atoms with Crippen LogP contribution in [0.25, 0.3) is 16.8 Å². The predicted molar refractivity (Wildman–Crippen MR) is 153 cm³/mol. The molecule has 2 aliphatic rings. The number of aliphatic hydroxyl groups excluding tert-OH is 1. The number of aliphatic hydroxyl groups is 1. The van der Waals surface area contributed by atoms with E-state index in [-0.39, 0.29) is 49.0 Å². The minimum absolute atomic E-state index is 0.00443. The molecule has 0 amide bonds. The standard InChI is InChI=1S/C20H24N10O8P2S2/c21-15-17-23-3-9(30(17)26-6-24-15)11-2-10(31)12(38-11)5-36-40(34,42)13-1-8(4-35-39(33)41)37-19(13)29-7-25-14-16(29)27-20(22)28-18(14)32/h3,6-8,10-13,19,31H,1-2,4-5H2,(H6-,21,22,24,26,27,28,32,33,34,41,42)/p+1. The van der Waals surface area contributed by atoms with E-state index in [0.717, 1.165) is 0 Å². The predicted octanol–water partition coefficient (Wildman–Crippen LogP) is 0.191. The molecule has 4 aromatic rings. The molecule has 22 heteroatoms. The highest BCUT2D eigenvalue weighted by atomic mass is 32.7. The van der Waals surface area contributed by atoms with Crippen LogP contribution in [0.15, 0.2) is 23.6 Å². The second-order valence-electron chi connectivity index (χ2n) is 9.65. The van der Waals surface area contributed by atoms with Gasteiger partial charge in [0.1, 0.15) is 43.6 Å². The van der Waals surface area contributed by atoms with Crippen molar-refractivity contribution >= 4 is 66.4 Å².